The largest absolute Gasteiger partial charge is 0.464 e. The molecular weight excluding hydrogens is 284 g/mol. The summed E-state index contributed by atoms with van der Waals surface area (Å²) in [6, 6.07) is 10.1. The number of methoxy groups -OCH3 is 1. The van der Waals surface area contributed by atoms with Gasteiger partial charge in [-0.3, -0.25) is 4.79 Å². The van der Waals surface area contributed by atoms with Crippen LogP contribution in [0.1, 0.15) is 32.1 Å². The number of nitrogens with one attached hydrogen (secondary N) is 1. The highest BCUT2D eigenvalue weighted by atomic mass is 16.5. The highest BCUT2D eigenvalue weighted by Gasteiger charge is 2.13. The Bertz CT molecular complexity index is 735. The lowest BCUT2D eigenvalue weighted by molar-refractivity contribution is 0.0593. The highest BCUT2D eigenvalue weighted by Crippen LogP contribution is 2.04. The monoisotopic (exact) mass is 296 g/mol. The van der Waals surface area contributed by atoms with Gasteiger partial charge in [0.2, 0.25) is 0 Å². The molecule has 0 saturated heterocycles. The van der Waals surface area contributed by atoms with E-state index < -0.39 is 11.9 Å². The summed E-state index contributed by atoms with van der Waals surface area (Å²) in [4.78, 5) is 30.9. The summed E-state index contributed by atoms with van der Waals surface area (Å²) in [5.74, 6) is -1.07. The van der Waals surface area contributed by atoms with Crippen LogP contribution < -0.4 is 5.32 Å². The number of nitrogens with zero attached hydrogens (tertiary/aromatic N) is 3. The van der Waals surface area contributed by atoms with E-state index in [1.165, 1.54) is 13.2 Å². The van der Waals surface area contributed by atoms with Crippen LogP contribution in [0.15, 0.2) is 36.7 Å². The molecule has 0 aliphatic carbocycles. The van der Waals surface area contributed by atoms with Gasteiger partial charge in [0, 0.05) is 12.6 Å². The molecule has 1 aromatic carbocycles. The minimum absolute atomic E-state index is 0.0148. The van der Waals surface area contributed by atoms with Gasteiger partial charge in [-0.1, -0.05) is 12.1 Å². The van der Waals surface area contributed by atoms with Crippen molar-refractivity contribution in [3.8, 4) is 6.07 Å². The number of hydrogen-bond donors (Lipinski definition) is 1. The summed E-state index contributed by atoms with van der Waals surface area (Å²) in [7, 11) is 1.23. The number of benzene rings is 1. The van der Waals surface area contributed by atoms with Gasteiger partial charge in [-0.25, -0.2) is 14.8 Å². The van der Waals surface area contributed by atoms with Crippen molar-refractivity contribution in [1.82, 2.24) is 15.3 Å². The maximum absolute atomic E-state index is 12.0. The molecule has 1 heterocycles. The minimum Gasteiger partial charge on any atom is -0.464 e. The SMILES string of the molecule is COC(=O)c1cc(C(=O)NCc2ccc(C#N)cc2)ncn1. The van der Waals surface area contributed by atoms with E-state index in [-0.39, 0.29) is 17.9 Å². The fourth-order valence-corrected chi connectivity index (χ4v) is 1.67. The summed E-state index contributed by atoms with van der Waals surface area (Å²) in [6.07, 6.45) is 1.13. The van der Waals surface area contributed by atoms with Crippen molar-refractivity contribution >= 4 is 11.9 Å². The van der Waals surface area contributed by atoms with Crippen molar-refractivity contribution in [1.29, 1.82) is 5.26 Å². The lowest BCUT2D eigenvalue weighted by atomic mass is 10.1. The molecule has 2 aromatic rings. The molecule has 110 valence electrons. The van der Waals surface area contributed by atoms with E-state index in [1.807, 2.05) is 6.07 Å². The first-order valence-electron chi connectivity index (χ1n) is 6.31. The summed E-state index contributed by atoms with van der Waals surface area (Å²) in [6.45, 7) is 0.280. The Labute approximate surface area is 126 Å². The topological polar surface area (TPSA) is 105 Å². The van der Waals surface area contributed by atoms with E-state index in [2.05, 4.69) is 20.0 Å². The first-order valence-corrected chi connectivity index (χ1v) is 6.31. The lowest BCUT2D eigenvalue weighted by Crippen LogP contribution is -2.24. The van der Waals surface area contributed by atoms with Crippen molar-refractivity contribution in [2.75, 3.05) is 7.11 Å². The van der Waals surface area contributed by atoms with Gasteiger partial charge in [-0.05, 0) is 17.7 Å². The quantitative estimate of drug-likeness (QED) is 0.846. The van der Waals surface area contributed by atoms with Gasteiger partial charge in [0.1, 0.15) is 12.0 Å². The summed E-state index contributed by atoms with van der Waals surface area (Å²) < 4.78 is 4.53. The molecule has 0 aliphatic heterocycles. The average molecular weight is 296 g/mol. The van der Waals surface area contributed by atoms with Crippen LogP contribution in [0.2, 0.25) is 0 Å². The fraction of sp³-hybridized carbons (Fsp3) is 0.133. The molecule has 7 nitrogen and oxygen atoms in total. The molecule has 0 radical (unpaired) electrons. The van der Waals surface area contributed by atoms with Crippen LogP contribution in [0, 0.1) is 11.3 Å². The lowest BCUT2D eigenvalue weighted by Gasteiger charge is -2.05. The Morgan fingerprint density at radius 2 is 1.91 bits per heavy atom. The molecule has 0 fully saturated rings. The third kappa shape index (κ3) is 3.64. The van der Waals surface area contributed by atoms with Crippen molar-refractivity contribution in [3.05, 3.63) is 59.2 Å². The van der Waals surface area contributed by atoms with Crippen LogP contribution in [-0.2, 0) is 11.3 Å². The molecule has 0 aliphatic rings. The minimum atomic E-state index is -0.636. The van der Waals surface area contributed by atoms with Crippen molar-refractivity contribution in [2.24, 2.45) is 0 Å². The zero-order valence-electron chi connectivity index (χ0n) is 11.7. The van der Waals surface area contributed by atoms with Crippen molar-refractivity contribution < 1.29 is 14.3 Å². The number of rotatable bonds is 4. The molecule has 22 heavy (non-hydrogen) atoms. The third-order valence-electron chi connectivity index (χ3n) is 2.83. The Morgan fingerprint density at radius 1 is 1.23 bits per heavy atom. The number of aromatic nitrogens is 2. The Kier molecular flexibility index (Phi) is 4.78. The van der Waals surface area contributed by atoms with Crippen LogP contribution in [-0.4, -0.2) is 29.0 Å². The Balaban J connectivity index is 2.03. The average Bonchev–Trinajstić information content (AvgIpc) is 2.59. The van der Waals surface area contributed by atoms with E-state index in [9.17, 15) is 9.59 Å². The molecule has 0 saturated carbocycles. The van der Waals surface area contributed by atoms with E-state index >= 15 is 0 Å². The normalized spacial score (nSPS) is 9.64. The first-order chi connectivity index (χ1) is 10.6. The molecule has 7 heteroatoms. The number of esters is 1. The van der Waals surface area contributed by atoms with E-state index in [0.29, 0.717) is 5.56 Å². The maximum Gasteiger partial charge on any atom is 0.356 e. The molecule has 1 amide bonds. The van der Waals surface area contributed by atoms with Crippen molar-refractivity contribution in [3.63, 3.8) is 0 Å². The number of carbonyl (C=O) groups is 2. The highest BCUT2D eigenvalue weighted by molar-refractivity contribution is 5.95. The predicted octanol–water partition coefficient (Wildman–Crippen LogP) is 1.06. The maximum atomic E-state index is 12.0. The zero-order valence-corrected chi connectivity index (χ0v) is 11.7. The zero-order chi connectivity index (χ0) is 15.9. The second kappa shape index (κ2) is 6.95. The number of nitriles is 1. The van der Waals surface area contributed by atoms with Gasteiger partial charge >= 0.3 is 5.97 Å². The summed E-state index contributed by atoms with van der Waals surface area (Å²) >= 11 is 0. The predicted molar refractivity (Wildman–Crippen MR) is 75.7 cm³/mol. The van der Waals surface area contributed by atoms with E-state index in [4.69, 9.17) is 5.26 Å². The molecule has 0 bridgehead atoms. The molecule has 0 spiro atoms. The van der Waals surface area contributed by atoms with E-state index in [1.54, 1.807) is 24.3 Å². The molecule has 1 N–H and O–H groups in total. The fourth-order valence-electron chi connectivity index (χ4n) is 1.67. The van der Waals surface area contributed by atoms with Crippen LogP contribution >= 0.6 is 0 Å². The molecule has 2 rings (SSSR count). The van der Waals surface area contributed by atoms with Gasteiger partial charge in [0.05, 0.1) is 18.7 Å². The van der Waals surface area contributed by atoms with Gasteiger partial charge in [0.25, 0.3) is 5.91 Å². The summed E-state index contributed by atoms with van der Waals surface area (Å²) in [5.41, 5.74) is 1.48. The molecular formula is C15H12N4O3. The van der Waals surface area contributed by atoms with Gasteiger partial charge in [-0.15, -0.1) is 0 Å². The van der Waals surface area contributed by atoms with E-state index in [0.717, 1.165) is 11.9 Å². The smallest absolute Gasteiger partial charge is 0.356 e. The number of carbonyl (C=O) groups excluding carboxylic acids is 2. The van der Waals surface area contributed by atoms with Gasteiger partial charge < -0.3 is 10.1 Å². The van der Waals surface area contributed by atoms with Crippen molar-refractivity contribution in [2.45, 2.75) is 6.54 Å². The van der Waals surface area contributed by atoms with Crippen LogP contribution in [0.25, 0.3) is 0 Å². The third-order valence-corrected chi connectivity index (χ3v) is 2.83. The Hall–Kier alpha value is -3.27. The van der Waals surface area contributed by atoms with Crippen LogP contribution in [0.3, 0.4) is 0 Å². The standard InChI is InChI=1S/C15H12N4O3/c1-22-15(21)13-6-12(18-9-19-13)14(20)17-8-11-4-2-10(7-16)3-5-11/h2-6,9H,8H2,1H3,(H,17,20). The number of hydrogen-bond acceptors (Lipinski definition) is 6. The summed E-state index contributed by atoms with van der Waals surface area (Å²) in [5, 5.41) is 11.4. The Morgan fingerprint density at radius 3 is 2.55 bits per heavy atom. The molecule has 1 aromatic heterocycles. The molecule has 0 unspecified atom stereocenters. The second-order valence-corrected chi connectivity index (χ2v) is 4.27. The van der Waals surface area contributed by atoms with Crippen LogP contribution in [0.5, 0.6) is 0 Å². The number of amides is 1. The van der Waals surface area contributed by atoms with Crippen LogP contribution in [0.4, 0.5) is 0 Å². The van der Waals surface area contributed by atoms with Gasteiger partial charge in [0.15, 0.2) is 5.69 Å². The molecule has 0 atom stereocenters. The first kappa shape index (κ1) is 15.1. The van der Waals surface area contributed by atoms with Gasteiger partial charge in [-0.2, -0.15) is 5.26 Å². The number of ether oxygens (including phenoxy) is 1. The second-order valence-electron chi connectivity index (χ2n) is 4.27.